The Bertz CT molecular complexity index is 1460. The summed E-state index contributed by atoms with van der Waals surface area (Å²) in [5, 5.41) is 6.72. The van der Waals surface area contributed by atoms with E-state index in [-0.39, 0.29) is 5.75 Å². The molecule has 2 N–H and O–H groups in total. The standard InChI is InChI=1S/C29H38ClN7O3S/c1-35-12-10-22(11-13-35)36-14-16-37(17-15-36)23-8-9-26(27(18-23)40-2)33-29-31-19-24(30)28(34-29)32-25-7-5-4-6-21(25)20-41(3,38)39/h4-9,18-19,22H,10-17,20H2,1-3H3,(H2,31,32,33,34). The molecule has 2 aliphatic heterocycles. The van der Waals surface area contributed by atoms with E-state index >= 15 is 0 Å². The molecule has 0 spiro atoms. The zero-order chi connectivity index (χ0) is 29.0. The van der Waals surface area contributed by atoms with Crippen LogP contribution >= 0.6 is 11.6 Å². The third kappa shape index (κ3) is 7.59. The lowest BCUT2D eigenvalue weighted by molar-refractivity contribution is 0.115. The maximum atomic E-state index is 11.9. The molecule has 3 aromatic rings. The van der Waals surface area contributed by atoms with Crippen molar-refractivity contribution in [2.75, 3.05) is 75.2 Å². The SMILES string of the molecule is COc1cc(N2CCN(C3CCN(C)CC3)CC2)ccc1Nc1ncc(Cl)c(Nc2ccccc2CS(C)(=O)=O)n1. The number of rotatable bonds is 9. The second kappa shape index (κ2) is 12.8. The van der Waals surface area contributed by atoms with E-state index in [2.05, 4.69) is 48.4 Å². The monoisotopic (exact) mass is 599 g/mol. The molecule has 2 aromatic carbocycles. The molecule has 0 bridgehead atoms. The molecule has 2 fully saturated rings. The number of nitrogens with zero attached hydrogens (tertiary/aromatic N) is 5. The highest BCUT2D eigenvalue weighted by Crippen LogP contribution is 2.33. The van der Waals surface area contributed by atoms with Crippen LogP contribution in [-0.4, -0.2) is 93.9 Å². The molecule has 10 nitrogen and oxygen atoms in total. The number of nitrogens with one attached hydrogen (secondary N) is 2. The lowest BCUT2D eigenvalue weighted by atomic mass is 10.0. The number of benzene rings is 2. The minimum absolute atomic E-state index is 0.0965. The molecule has 0 unspecified atom stereocenters. The van der Waals surface area contributed by atoms with Crippen LogP contribution in [0, 0.1) is 0 Å². The van der Waals surface area contributed by atoms with Gasteiger partial charge in [-0.25, -0.2) is 13.4 Å². The zero-order valence-electron chi connectivity index (χ0n) is 23.8. The van der Waals surface area contributed by atoms with Crippen LogP contribution in [0.2, 0.25) is 5.02 Å². The molecule has 41 heavy (non-hydrogen) atoms. The first kappa shape index (κ1) is 29.4. The first-order valence-electron chi connectivity index (χ1n) is 13.9. The van der Waals surface area contributed by atoms with E-state index in [0.717, 1.165) is 37.6 Å². The summed E-state index contributed by atoms with van der Waals surface area (Å²) in [6.45, 7) is 6.47. The van der Waals surface area contributed by atoms with E-state index < -0.39 is 9.84 Å². The van der Waals surface area contributed by atoms with Crippen LogP contribution < -0.4 is 20.3 Å². The van der Waals surface area contributed by atoms with Gasteiger partial charge < -0.3 is 25.2 Å². The molecule has 12 heteroatoms. The lowest BCUT2D eigenvalue weighted by Crippen LogP contribution is -2.53. The third-order valence-corrected chi connectivity index (χ3v) is 8.86. The van der Waals surface area contributed by atoms with Crippen LogP contribution in [0.1, 0.15) is 18.4 Å². The molecule has 2 aliphatic rings. The number of hydrogen-bond donors (Lipinski definition) is 2. The Morgan fingerprint density at radius 2 is 1.73 bits per heavy atom. The highest BCUT2D eigenvalue weighted by molar-refractivity contribution is 7.89. The average Bonchev–Trinajstić information content (AvgIpc) is 2.96. The number of piperidine rings is 1. The summed E-state index contributed by atoms with van der Waals surface area (Å²) in [6.07, 6.45) is 5.21. The molecule has 220 valence electrons. The van der Waals surface area contributed by atoms with Crippen LogP contribution in [0.25, 0.3) is 0 Å². The van der Waals surface area contributed by atoms with Gasteiger partial charge in [-0.15, -0.1) is 0 Å². The third-order valence-electron chi connectivity index (χ3n) is 7.75. The molecule has 0 radical (unpaired) electrons. The first-order valence-corrected chi connectivity index (χ1v) is 16.3. The van der Waals surface area contributed by atoms with Crippen molar-refractivity contribution in [3.05, 3.63) is 59.2 Å². The van der Waals surface area contributed by atoms with Crippen molar-refractivity contribution in [1.29, 1.82) is 0 Å². The number of sulfone groups is 1. The normalized spacial score (nSPS) is 17.4. The van der Waals surface area contributed by atoms with Gasteiger partial charge in [0.15, 0.2) is 15.7 Å². The van der Waals surface area contributed by atoms with Crippen LogP contribution in [0.5, 0.6) is 5.75 Å². The van der Waals surface area contributed by atoms with Gasteiger partial charge in [-0.3, -0.25) is 4.90 Å². The van der Waals surface area contributed by atoms with Crippen molar-refractivity contribution in [3.63, 3.8) is 0 Å². The van der Waals surface area contributed by atoms with Crippen molar-refractivity contribution >= 4 is 50.3 Å². The van der Waals surface area contributed by atoms with E-state index in [1.54, 1.807) is 25.3 Å². The Morgan fingerprint density at radius 1 is 1.00 bits per heavy atom. The van der Waals surface area contributed by atoms with Gasteiger partial charge in [0.05, 0.1) is 24.7 Å². The lowest BCUT2D eigenvalue weighted by Gasteiger charge is -2.43. The fraction of sp³-hybridized carbons (Fsp3) is 0.448. The van der Waals surface area contributed by atoms with Crippen molar-refractivity contribution in [3.8, 4) is 5.75 Å². The molecule has 1 aromatic heterocycles. The maximum absolute atomic E-state index is 11.9. The molecule has 5 rings (SSSR count). The number of methoxy groups -OCH3 is 1. The second-order valence-electron chi connectivity index (χ2n) is 10.8. The number of ether oxygens (including phenoxy) is 1. The highest BCUT2D eigenvalue weighted by Gasteiger charge is 2.27. The molecular formula is C29H38ClN7O3S. The summed E-state index contributed by atoms with van der Waals surface area (Å²) >= 11 is 6.40. The summed E-state index contributed by atoms with van der Waals surface area (Å²) in [7, 11) is 0.637. The van der Waals surface area contributed by atoms with E-state index in [0.29, 0.717) is 39.8 Å². The summed E-state index contributed by atoms with van der Waals surface area (Å²) in [6, 6.07) is 14.0. The minimum Gasteiger partial charge on any atom is -0.494 e. The van der Waals surface area contributed by atoms with Crippen LogP contribution in [-0.2, 0) is 15.6 Å². The largest absolute Gasteiger partial charge is 0.494 e. The number of piperazine rings is 1. The Hall–Kier alpha value is -3.12. The molecule has 0 amide bonds. The van der Waals surface area contributed by atoms with Gasteiger partial charge in [0.25, 0.3) is 0 Å². The molecular weight excluding hydrogens is 562 g/mol. The Morgan fingerprint density at radius 3 is 2.44 bits per heavy atom. The van der Waals surface area contributed by atoms with Gasteiger partial charge in [0.1, 0.15) is 10.8 Å². The Balaban J connectivity index is 1.26. The van der Waals surface area contributed by atoms with Gasteiger partial charge in [0, 0.05) is 55.9 Å². The summed E-state index contributed by atoms with van der Waals surface area (Å²) in [5.74, 6) is 1.28. The van der Waals surface area contributed by atoms with Crippen LogP contribution in [0.15, 0.2) is 48.7 Å². The van der Waals surface area contributed by atoms with Gasteiger partial charge in [-0.05, 0) is 56.7 Å². The summed E-state index contributed by atoms with van der Waals surface area (Å²) in [5.41, 5.74) is 3.09. The van der Waals surface area contributed by atoms with Crippen molar-refractivity contribution in [1.82, 2.24) is 19.8 Å². The summed E-state index contributed by atoms with van der Waals surface area (Å²) in [4.78, 5) is 16.4. The van der Waals surface area contributed by atoms with E-state index in [9.17, 15) is 8.42 Å². The molecule has 3 heterocycles. The fourth-order valence-corrected chi connectivity index (χ4v) is 6.45. The van der Waals surface area contributed by atoms with Gasteiger partial charge in [0.2, 0.25) is 5.95 Å². The molecule has 0 atom stereocenters. The molecule has 2 saturated heterocycles. The molecule has 0 saturated carbocycles. The minimum atomic E-state index is -3.22. The number of para-hydroxylation sites is 1. The zero-order valence-corrected chi connectivity index (χ0v) is 25.4. The number of anilines is 5. The van der Waals surface area contributed by atoms with Gasteiger partial charge in [-0.2, -0.15) is 4.98 Å². The van der Waals surface area contributed by atoms with Crippen molar-refractivity contribution < 1.29 is 13.2 Å². The van der Waals surface area contributed by atoms with Crippen molar-refractivity contribution in [2.45, 2.75) is 24.6 Å². The van der Waals surface area contributed by atoms with Crippen LogP contribution in [0.3, 0.4) is 0 Å². The number of aromatic nitrogens is 2. The van der Waals surface area contributed by atoms with E-state index in [1.807, 2.05) is 18.2 Å². The average molecular weight is 600 g/mol. The summed E-state index contributed by atoms with van der Waals surface area (Å²) < 4.78 is 29.5. The fourth-order valence-electron chi connectivity index (χ4n) is 5.50. The van der Waals surface area contributed by atoms with E-state index in [1.165, 1.54) is 38.4 Å². The Kier molecular flexibility index (Phi) is 9.18. The van der Waals surface area contributed by atoms with Crippen molar-refractivity contribution in [2.24, 2.45) is 0 Å². The predicted molar refractivity (Wildman–Crippen MR) is 166 cm³/mol. The quantitative estimate of drug-likeness (QED) is 0.368. The van der Waals surface area contributed by atoms with E-state index in [4.69, 9.17) is 16.3 Å². The molecule has 0 aliphatic carbocycles. The van der Waals surface area contributed by atoms with Crippen LogP contribution in [0.4, 0.5) is 28.8 Å². The van der Waals surface area contributed by atoms with Gasteiger partial charge >= 0.3 is 0 Å². The number of hydrogen-bond acceptors (Lipinski definition) is 10. The topological polar surface area (TPSA) is 103 Å². The number of likely N-dealkylation sites (tertiary alicyclic amines) is 1. The first-order chi connectivity index (χ1) is 19.7. The smallest absolute Gasteiger partial charge is 0.229 e. The predicted octanol–water partition coefficient (Wildman–Crippen LogP) is 4.39. The maximum Gasteiger partial charge on any atom is 0.229 e. The van der Waals surface area contributed by atoms with Gasteiger partial charge in [-0.1, -0.05) is 29.8 Å². The number of halogens is 1. The highest BCUT2D eigenvalue weighted by atomic mass is 35.5. The Labute approximate surface area is 247 Å². The second-order valence-corrected chi connectivity index (χ2v) is 13.4.